The van der Waals surface area contributed by atoms with E-state index in [1.807, 2.05) is 25.4 Å². The molecular formula is C15H18Cl2N4O. The Labute approximate surface area is 139 Å². The Morgan fingerprint density at radius 1 is 1.32 bits per heavy atom. The van der Waals surface area contributed by atoms with Crippen LogP contribution in [0.4, 0.5) is 0 Å². The van der Waals surface area contributed by atoms with E-state index in [2.05, 4.69) is 15.7 Å². The first-order chi connectivity index (χ1) is 10.5. The summed E-state index contributed by atoms with van der Waals surface area (Å²) >= 11 is 11.9. The molecule has 7 heteroatoms. The van der Waals surface area contributed by atoms with Gasteiger partial charge in [0.1, 0.15) is 6.04 Å². The minimum Gasteiger partial charge on any atom is -0.354 e. The van der Waals surface area contributed by atoms with Crippen LogP contribution in [0.2, 0.25) is 10.0 Å². The van der Waals surface area contributed by atoms with E-state index in [9.17, 15) is 4.79 Å². The highest BCUT2D eigenvalue weighted by molar-refractivity contribution is 6.34. The van der Waals surface area contributed by atoms with Gasteiger partial charge < -0.3 is 10.6 Å². The number of nitrogens with zero attached hydrogens (tertiary/aromatic N) is 2. The van der Waals surface area contributed by atoms with Crippen LogP contribution in [0.25, 0.3) is 0 Å². The predicted molar refractivity (Wildman–Crippen MR) is 88.2 cm³/mol. The third kappa shape index (κ3) is 4.47. The molecule has 0 bridgehead atoms. The van der Waals surface area contributed by atoms with Gasteiger partial charge in [-0.15, -0.1) is 0 Å². The highest BCUT2D eigenvalue weighted by atomic mass is 35.5. The zero-order valence-electron chi connectivity index (χ0n) is 12.4. The van der Waals surface area contributed by atoms with Crippen molar-refractivity contribution in [1.82, 2.24) is 20.4 Å². The van der Waals surface area contributed by atoms with Crippen LogP contribution < -0.4 is 10.6 Å². The fourth-order valence-corrected chi connectivity index (χ4v) is 2.80. The van der Waals surface area contributed by atoms with Gasteiger partial charge in [-0.2, -0.15) is 5.10 Å². The molecule has 0 saturated carbocycles. The maximum absolute atomic E-state index is 12.2. The van der Waals surface area contributed by atoms with Crippen LogP contribution in [-0.4, -0.2) is 29.3 Å². The van der Waals surface area contributed by atoms with Gasteiger partial charge in [0.05, 0.1) is 6.20 Å². The third-order valence-corrected chi connectivity index (χ3v) is 3.68. The van der Waals surface area contributed by atoms with Gasteiger partial charge in [-0.25, -0.2) is 0 Å². The molecule has 1 aromatic heterocycles. The van der Waals surface area contributed by atoms with Gasteiger partial charge in [0.2, 0.25) is 5.91 Å². The second-order valence-electron chi connectivity index (χ2n) is 4.99. The minimum atomic E-state index is -0.420. The number of aryl methyl sites for hydroxylation is 1. The van der Waals surface area contributed by atoms with Crippen molar-refractivity contribution in [3.8, 4) is 0 Å². The molecule has 118 valence electrons. The van der Waals surface area contributed by atoms with Crippen molar-refractivity contribution < 1.29 is 4.79 Å². The molecule has 2 rings (SSSR count). The molecular weight excluding hydrogens is 323 g/mol. The lowest BCUT2D eigenvalue weighted by Gasteiger charge is -2.14. The van der Waals surface area contributed by atoms with Crippen molar-refractivity contribution >= 4 is 29.1 Å². The van der Waals surface area contributed by atoms with Crippen LogP contribution in [-0.2, 0) is 18.3 Å². The number of rotatable bonds is 6. The van der Waals surface area contributed by atoms with Crippen LogP contribution >= 0.6 is 23.2 Å². The minimum absolute atomic E-state index is 0.0939. The Hall–Kier alpha value is -1.56. The number of amides is 1. The molecule has 1 amide bonds. The van der Waals surface area contributed by atoms with Crippen molar-refractivity contribution in [2.75, 3.05) is 13.6 Å². The topological polar surface area (TPSA) is 59.0 Å². The average molecular weight is 341 g/mol. The molecule has 2 aromatic rings. The van der Waals surface area contributed by atoms with E-state index in [1.165, 1.54) is 0 Å². The lowest BCUT2D eigenvalue weighted by molar-refractivity contribution is -0.123. The number of benzene rings is 1. The summed E-state index contributed by atoms with van der Waals surface area (Å²) in [5, 5.41) is 11.2. The van der Waals surface area contributed by atoms with Crippen molar-refractivity contribution in [1.29, 1.82) is 0 Å². The summed E-state index contributed by atoms with van der Waals surface area (Å²) in [6, 6.07) is 4.95. The van der Waals surface area contributed by atoms with E-state index in [0.29, 0.717) is 23.0 Å². The second-order valence-corrected chi connectivity index (χ2v) is 5.86. The zero-order valence-corrected chi connectivity index (χ0v) is 13.9. The quantitative estimate of drug-likeness (QED) is 0.848. The van der Waals surface area contributed by atoms with Crippen LogP contribution in [0, 0.1) is 0 Å². The first kappa shape index (κ1) is 16.8. The normalized spacial score (nSPS) is 12.2. The van der Waals surface area contributed by atoms with Crippen LogP contribution in [0.5, 0.6) is 0 Å². The van der Waals surface area contributed by atoms with Gasteiger partial charge in [0.15, 0.2) is 0 Å². The molecule has 1 heterocycles. The molecule has 0 aliphatic rings. The summed E-state index contributed by atoms with van der Waals surface area (Å²) in [4.78, 5) is 12.2. The van der Waals surface area contributed by atoms with Crippen molar-refractivity contribution in [3.63, 3.8) is 0 Å². The lowest BCUT2D eigenvalue weighted by Crippen LogP contribution is -2.36. The fraction of sp³-hybridized carbons (Fsp3) is 0.333. The van der Waals surface area contributed by atoms with Crippen LogP contribution in [0.15, 0.2) is 30.6 Å². The predicted octanol–water partition coefficient (Wildman–Crippen LogP) is 2.35. The summed E-state index contributed by atoms with van der Waals surface area (Å²) in [5.74, 6) is -0.0939. The van der Waals surface area contributed by atoms with Crippen molar-refractivity contribution in [2.45, 2.75) is 12.5 Å². The number of halogens is 2. The molecule has 1 atom stereocenters. The molecule has 2 N–H and O–H groups in total. The van der Waals surface area contributed by atoms with Gasteiger partial charge in [-0.05, 0) is 37.2 Å². The summed E-state index contributed by atoms with van der Waals surface area (Å²) in [6.07, 6.45) is 4.16. The lowest BCUT2D eigenvalue weighted by atomic mass is 10.1. The van der Waals surface area contributed by atoms with Crippen molar-refractivity contribution in [3.05, 3.63) is 51.8 Å². The monoisotopic (exact) mass is 340 g/mol. The van der Waals surface area contributed by atoms with Gasteiger partial charge in [0.25, 0.3) is 0 Å². The van der Waals surface area contributed by atoms with Crippen LogP contribution in [0.1, 0.15) is 17.2 Å². The van der Waals surface area contributed by atoms with Gasteiger partial charge in [-0.3, -0.25) is 9.48 Å². The molecule has 0 aliphatic carbocycles. The number of likely N-dealkylation sites (N-methyl/N-ethyl adjacent to an activating group) is 1. The largest absolute Gasteiger partial charge is 0.354 e. The van der Waals surface area contributed by atoms with Gasteiger partial charge >= 0.3 is 0 Å². The zero-order chi connectivity index (χ0) is 16.1. The highest BCUT2D eigenvalue weighted by Crippen LogP contribution is 2.19. The molecule has 22 heavy (non-hydrogen) atoms. The Balaban J connectivity index is 1.91. The summed E-state index contributed by atoms with van der Waals surface area (Å²) < 4.78 is 1.67. The average Bonchev–Trinajstić information content (AvgIpc) is 2.85. The van der Waals surface area contributed by atoms with Crippen LogP contribution in [0.3, 0.4) is 0 Å². The summed E-state index contributed by atoms with van der Waals surface area (Å²) in [7, 11) is 3.56. The second kappa shape index (κ2) is 7.63. The third-order valence-electron chi connectivity index (χ3n) is 3.24. The molecule has 0 aliphatic heterocycles. The molecule has 0 saturated heterocycles. The van der Waals surface area contributed by atoms with Gasteiger partial charge in [-0.1, -0.05) is 23.2 Å². The summed E-state index contributed by atoms with van der Waals surface area (Å²) in [5.41, 5.74) is 1.81. The fourth-order valence-electron chi connectivity index (χ4n) is 2.23. The Kier molecular flexibility index (Phi) is 5.83. The molecule has 1 aromatic carbocycles. The van der Waals surface area contributed by atoms with E-state index in [1.54, 1.807) is 24.0 Å². The van der Waals surface area contributed by atoms with Gasteiger partial charge in [0, 0.05) is 35.4 Å². The van der Waals surface area contributed by atoms with E-state index in [-0.39, 0.29) is 5.91 Å². The smallest absolute Gasteiger partial charge is 0.241 e. The number of hydrogen-bond donors (Lipinski definition) is 2. The van der Waals surface area contributed by atoms with E-state index in [4.69, 9.17) is 23.2 Å². The number of aromatic nitrogens is 2. The van der Waals surface area contributed by atoms with E-state index < -0.39 is 6.04 Å². The SMILES string of the molecule is CNC(C(=O)NCCc1cc(Cl)cc(Cl)c1)c1cnn(C)c1. The highest BCUT2D eigenvalue weighted by Gasteiger charge is 2.19. The number of nitrogens with one attached hydrogen (secondary N) is 2. The Morgan fingerprint density at radius 2 is 2.00 bits per heavy atom. The maximum Gasteiger partial charge on any atom is 0.241 e. The number of hydrogen-bond acceptors (Lipinski definition) is 3. The molecule has 0 spiro atoms. The Morgan fingerprint density at radius 3 is 2.55 bits per heavy atom. The van der Waals surface area contributed by atoms with Crippen molar-refractivity contribution in [2.24, 2.45) is 7.05 Å². The molecule has 0 fully saturated rings. The van der Waals surface area contributed by atoms with E-state index in [0.717, 1.165) is 11.1 Å². The molecule has 5 nitrogen and oxygen atoms in total. The standard InChI is InChI=1S/C15H18Cl2N4O/c1-18-14(11-8-20-21(2)9-11)15(22)19-4-3-10-5-12(16)7-13(17)6-10/h5-9,14,18H,3-4H2,1-2H3,(H,19,22). The Bertz CT molecular complexity index is 636. The first-order valence-electron chi connectivity index (χ1n) is 6.88. The number of carbonyl (C=O) groups is 1. The molecule has 0 radical (unpaired) electrons. The molecule has 1 unspecified atom stereocenters. The first-order valence-corrected chi connectivity index (χ1v) is 7.63. The van der Waals surface area contributed by atoms with E-state index >= 15 is 0 Å². The number of carbonyl (C=O) groups excluding carboxylic acids is 1. The maximum atomic E-state index is 12.2. The summed E-state index contributed by atoms with van der Waals surface area (Å²) in [6.45, 7) is 0.508.